The summed E-state index contributed by atoms with van der Waals surface area (Å²) in [6.07, 6.45) is -2.99. The van der Waals surface area contributed by atoms with Crippen molar-refractivity contribution in [1.29, 1.82) is 0 Å². The molecule has 3 unspecified atom stereocenters. The molecule has 7 rings (SSSR count). The third kappa shape index (κ3) is 7.49. The zero-order valence-corrected chi connectivity index (χ0v) is 31.7. The number of anilines is 1. The van der Waals surface area contributed by atoms with E-state index in [9.17, 15) is 27.5 Å². The molecule has 1 fully saturated rings. The van der Waals surface area contributed by atoms with Crippen LogP contribution in [0.25, 0.3) is 22.0 Å². The van der Waals surface area contributed by atoms with Gasteiger partial charge in [0, 0.05) is 48.2 Å². The number of hydrogen-bond donors (Lipinski definition) is 3. The Labute approximate surface area is 323 Å². The number of halogens is 7. The van der Waals surface area contributed by atoms with Crippen LogP contribution < -0.4 is 10.6 Å². The number of amides is 1. The van der Waals surface area contributed by atoms with Gasteiger partial charge in [0.1, 0.15) is 34.3 Å². The second-order valence-corrected chi connectivity index (χ2v) is 15.5. The van der Waals surface area contributed by atoms with Gasteiger partial charge >= 0.3 is 0 Å². The largest absolute Gasteiger partial charge is 0.378 e. The van der Waals surface area contributed by atoms with Crippen LogP contribution in [0.15, 0.2) is 42.5 Å². The highest BCUT2D eigenvalue weighted by Gasteiger charge is 2.67. The van der Waals surface area contributed by atoms with Gasteiger partial charge in [-0.25, -0.2) is 22.5 Å². The predicted octanol–water partition coefficient (Wildman–Crippen LogP) is 8.20. The molecule has 56 heavy (non-hydrogen) atoms. The molecule has 3 heterocycles. The number of hydrogen-bond acceptors (Lipinski definition) is 6. The van der Waals surface area contributed by atoms with Crippen molar-refractivity contribution in [1.82, 2.24) is 29.9 Å². The van der Waals surface area contributed by atoms with Crippen LogP contribution in [-0.2, 0) is 30.7 Å². The number of nitrogens with one attached hydrogen (secondary N) is 2. The molecular formula is C40H38ClF6N7O2. The number of carbonyl (C=O) groups is 1. The molecule has 0 spiro atoms. The quantitative estimate of drug-likeness (QED) is 0.0919. The minimum Gasteiger partial charge on any atom is -0.378 e. The number of fused-ring (bicyclic) bond motifs is 4. The first-order valence-corrected chi connectivity index (χ1v) is 18.4. The van der Waals surface area contributed by atoms with Crippen molar-refractivity contribution >= 4 is 34.2 Å². The number of aliphatic hydroxyl groups is 1. The molecule has 294 valence electrons. The molecule has 5 aromatic rings. The molecule has 1 amide bonds. The smallest absolute Gasteiger partial charge is 0.293 e. The lowest BCUT2D eigenvalue weighted by Gasteiger charge is -2.23. The number of benzene rings is 2. The van der Waals surface area contributed by atoms with Crippen LogP contribution in [0, 0.1) is 35.3 Å². The molecule has 3 aromatic heterocycles. The summed E-state index contributed by atoms with van der Waals surface area (Å²) >= 11 is 6.71. The van der Waals surface area contributed by atoms with Crippen LogP contribution in [-0.4, -0.2) is 47.7 Å². The minimum absolute atomic E-state index is 0.0747. The number of rotatable bonds is 11. The number of pyridine rings is 1. The van der Waals surface area contributed by atoms with Crippen molar-refractivity contribution in [2.24, 2.45) is 18.9 Å². The molecular weight excluding hydrogens is 760 g/mol. The van der Waals surface area contributed by atoms with E-state index in [-0.39, 0.29) is 60.4 Å². The van der Waals surface area contributed by atoms with Crippen LogP contribution >= 0.6 is 11.6 Å². The third-order valence-electron chi connectivity index (χ3n) is 9.99. The molecule has 2 aliphatic carbocycles. The third-order valence-corrected chi connectivity index (χ3v) is 10.3. The van der Waals surface area contributed by atoms with E-state index in [1.165, 1.54) is 13.8 Å². The second kappa shape index (κ2) is 14.5. The highest BCUT2D eigenvalue weighted by molar-refractivity contribution is 6.37. The molecule has 2 aliphatic rings. The standard InChI is InChI=1S/C40H38ClF6N7O2/c1-19(2)38(55)50-37-31-28(41)9-8-25(34(31)53(5)52-37)24-7-6-23(10-11-39(3,4)56)49-32(24)29(16-20-14-21(42)17-22(43)15-20)48-12-13-54-35-30(33(51-54)36(44)45)26-18-27(26)40(35,46)47/h6-9,14-15,17,19,26-27,29,36,48,56H,12-13,16,18H2,1-5H3,(H,50,52,55). The van der Waals surface area contributed by atoms with E-state index >= 15 is 8.78 Å². The first-order chi connectivity index (χ1) is 26.3. The van der Waals surface area contributed by atoms with E-state index in [1.807, 2.05) is 0 Å². The maximum absolute atomic E-state index is 15.4. The fourth-order valence-corrected chi connectivity index (χ4v) is 7.64. The van der Waals surface area contributed by atoms with Gasteiger partial charge in [0.15, 0.2) is 5.82 Å². The number of nitrogens with zero attached hydrogens (tertiary/aromatic N) is 5. The van der Waals surface area contributed by atoms with Gasteiger partial charge in [-0.05, 0) is 74.4 Å². The van der Waals surface area contributed by atoms with Crippen molar-refractivity contribution < 1.29 is 36.2 Å². The molecule has 16 heteroatoms. The SMILES string of the molecule is CC(C)C(=O)Nc1nn(C)c2c(-c3ccc(C#CC(C)(C)O)nc3C(Cc3cc(F)cc(F)c3)NCCn3nc(C(F)F)c4c3C(F)(F)C3CC43)ccc(Cl)c12. The van der Waals surface area contributed by atoms with Gasteiger partial charge in [0.25, 0.3) is 12.3 Å². The summed E-state index contributed by atoms with van der Waals surface area (Å²) in [6.45, 7) is 6.13. The summed E-state index contributed by atoms with van der Waals surface area (Å²) in [5.41, 5.74) is -0.305. The summed E-state index contributed by atoms with van der Waals surface area (Å²) in [4.78, 5) is 17.6. The van der Waals surface area contributed by atoms with Crippen molar-refractivity contribution in [2.75, 3.05) is 11.9 Å². The van der Waals surface area contributed by atoms with Gasteiger partial charge < -0.3 is 15.7 Å². The van der Waals surface area contributed by atoms with Crippen molar-refractivity contribution in [2.45, 2.75) is 77.0 Å². The lowest BCUT2D eigenvalue weighted by Crippen LogP contribution is -2.30. The normalized spacial score (nSPS) is 17.6. The Bertz CT molecular complexity index is 2410. The number of aromatic nitrogens is 5. The van der Waals surface area contributed by atoms with Crippen LogP contribution in [0.3, 0.4) is 0 Å². The van der Waals surface area contributed by atoms with E-state index in [0.29, 0.717) is 32.7 Å². The maximum Gasteiger partial charge on any atom is 0.293 e. The Kier molecular flexibility index (Phi) is 10.2. The van der Waals surface area contributed by atoms with Crippen LogP contribution in [0.5, 0.6) is 0 Å². The Balaban J connectivity index is 1.35. The van der Waals surface area contributed by atoms with E-state index in [2.05, 4.69) is 32.7 Å². The highest BCUT2D eigenvalue weighted by Crippen LogP contribution is 2.68. The highest BCUT2D eigenvalue weighted by atomic mass is 35.5. The maximum atomic E-state index is 15.4. The summed E-state index contributed by atoms with van der Waals surface area (Å²) in [5, 5.41) is 25.7. The van der Waals surface area contributed by atoms with Crippen LogP contribution in [0.2, 0.25) is 5.02 Å². The number of carbonyl (C=O) groups excluding carboxylic acids is 1. The Morgan fingerprint density at radius 3 is 2.43 bits per heavy atom. The zero-order valence-electron chi connectivity index (χ0n) is 31.0. The first-order valence-electron chi connectivity index (χ1n) is 18.0. The van der Waals surface area contributed by atoms with E-state index < -0.39 is 58.8 Å². The minimum atomic E-state index is -3.32. The molecule has 2 aromatic carbocycles. The van der Waals surface area contributed by atoms with Crippen LogP contribution in [0.1, 0.15) is 86.4 Å². The molecule has 0 aliphatic heterocycles. The number of aryl methyl sites for hydroxylation is 1. The van der Waals surface area contributed by atoms with E-state index in [4.69, 9.17) is 16.6 Å². The Morgan fingerprint density at radius 1 is 1.07 bits per heavy atom. The first kappa shape index (κ1) is 39.3. The van der Waals surface area contributed by atoms with Gasteiger partial charge in [0.05, 0.1) is 34.2 Å². The van der Waals surface area contributed by atoms with Crippen molar-refractivity contribution in [3.63, 3.8) is 0 Å². The average Bonchev–Trinajstić information content (AvgIpc) is 3.64. The van der Waals surface area contributed by atoms with Gasteiger partial charge in [-0.15, -0.1) is 0 Å². The summed E-state index contributed by atoms with van der Waals surface area (Å²) in [7, 11) is 1.67. The van der Waals surface area contributed by atoms with Gasteiger partial charge in [-0.1, -0.05) is 37.4 Å². The van der Waals surface area contributed by atoms with Crippen molar-refractivity contribution in [3.8, 4) is 23.0 Å². The monoisotopic (exact) mass is 797 g/mol. The molecule has 9 nitrogen and oxygen atoms in total. The average molecular weight is 798 g/mol. The van der Waals surface area contributed by atoms with E-state index in [1.54, 1.807) is 49.8 Å². The van der Waals surface area contributed by atoms with Crippen LogP contribution in [0.4, 0.5) is 32.2 Å². The van der Waals surface area contributed by atoms with E-state index in [0.717, 1.165) is 22.9 Å². The second-order valence-electron chi connectivity index (χ2n) is 15.1. The summed E-state index contributed by atoms with van der Waals surface area (Å²) in [6, 6.07) is 8.85. The molecule has 3 N–H and O–H groups in total. The van der Waals surface area contributed by atoms with Gasteiger partial charge in [0.2, 0.25) is 5.91 Å². The summed E-state index contributed by atoms with van der Waals surface area (Å²) < 4.78 is 90.4. The molecule has 0 bridgehead atoms. The fourth-order valence-electron chi connectivity index (χ4n) is 7.40. The Hall–Kier alpha value is -4.91. The molecule has 0 radical (unpaired) electrons. The molecule has 1 saturated carbocycles. The number of alkyl halides is 4. The zero-order chi connectivity index (χ0) is 40.4. The molecule has 0 saturated heterocycles. The summed E-state index contributed by atoms with van der Waals surface area (Å²) in [5.74, 6) is -1.50. The van der Waals surface area contributed by atoms with Gasteiger partial charge in [-0.2, -0.15) is 19.0 Å². The Morgan fingerprint density at radius 2 is 1.77 bits per heavy atom. The molecule has 3 atom stereocenters. The van der Waals surface area contributed by atoms with Crippen molar-refractivity contribution in [3.05, 3.63) is 93.0 Å². The lowest BCUT2D eigenvalue weighted by atomic mass is 9.93. The predicted molar refractivity (Wildman–Crippen MR) is 198 cm³/mol. The topological polar surface area (TPSA) is 110 Å². The van der Waals surface area contributed by atoms with Gasteiger partial charge in [-0.3, -0.25) is 14.2 Å². The fraction of sp³-hybridized carbons (Fsp3) is 0.400. The lowest BCUT2D eigenvalue weighted by molar-refractivity contribution is -0.118.